The molecule has 2 rings (SSSR count). The van der Waals surface area contributed by atoms with E-state index in [-0.39, 0.29) is 36.1 Å². The average Bonchev–Trinajstić information content (AvgIpc) is 2.60. The van der Waals surface area contributed by atoms with Crippen molar-refractivity contribution in [3.8, 4) is 5.75 Å². The molecule has 0 aliphatic heterocycles. The lowest BCUT2D eigenvalue weighted by atomic mass is 10.1. The number of anilines is 2. The maximum absolute atomic E-state index is 12.4. The molecule has 0 aliphatic carbocycles. The number of alkyl halides is 3. The summed E-state index contributed by atoms with van der Waals surface area (Å²) >= 11 is 0. The van der Waals surface area contributed by atoms with Gasteiger partial charge in [0.25, 0.3) is 0 Å². The molecule has 2 aromatic carbocycles. The number of carbonyl (C=O) groups excluding carboxylic acids is 2. The Morgan fingerprint density at radius 2 is 1.68 bits per heavy atom. The third-order valence-corrected chi connectivity index (χ3v) is 3.56. The zero-order valence-electron chi connectivity index (χ0n) is 15.1. The second kappa shape index (κ2) is 9.63. The molecule has 0 saturated heterocycles. The standard InChI is InChI=1S/C19H20F3N3O3/c1-2-23-18(27)25-15-8-5-7-14(12-15)24-17(26)11-10-13-6-3-4-9-16(13)28-19(20,21)22/h3-9,12H,2,10-11H2,1H3,(H,24,26)(H2,23,25,27). The highest BCUT2D eigenvalue weighted by Crippen LogP contribution is 2.27. The largest absolute Gasteiger partial charge is 0.573 e. The van der Waals surface area contributed by atoms with E-state index < -0.39 is 6.36 Å². The summed E-state index contributed by atoms with van der Waals surface area (Å²) < 4.78 is 41.3. The number of hydrogen-bond donors (Lipinski definition) is 3. The van der Waals surface area contributed by atoms with Crippen molar-refractivity contribution in [2.24, 2.45) is 0 Å². The van der Waals surface area contributed by atoms with Crippen molar-refractivity contribution < 1.29 is 27.5 Å². The van der Waals surface area contributed by atoms with Crippen LogP contribution < -0.4 is 20.7 Å². The molecule has 0 fully saturated rings. The fraction of sp³-hybridized carbons (Fsp3) is 0.263. The van der Waals surface area contributed by atoms with Crippen molar-refractivity contribution in [1.82, 2.24) is 5.32 Å². The Hall–Kier alpha value is -3.23. The first-order valence-electron chi connectivity index (χ1n) is 8.55. The number of benzene rings is 2. The van der Waals surface area contributed by atoms with Gasteiger partial charge in [0.05, 0.1) is 0 Å². The molecule has 0 atom stereocenters. The lowest BCUT2D eigenvalue weighted by molar-refractivity contribution is -0.274. The number of ether oxygens (including phenoxy) is 1. The Morgan fingerprint density at radius 1 is 1.00 bits per heavy atom. The van der Waals surface area contributed by atoms with Crippen LogP contribution >= 0.6 is 0 Å². The summed E-state index contributed by atoms with van der Waals surface area (Å²) in [4.78, 5) is 23.7. The smallest absolute Gasteiger partial charge is 0.406 e. The first-order valence-corrected chi connectivity index (χ1v) is 8.55. The maximum atomic E-state index is 12.4. The Morgan fingerprint density at radius 3 is 2.36 bits per heavy atom. The number of rotatable bonds is 7. The Bertz CT molecular complexity index is 825. The Labute approximate surface area is 160 Å². The van der Waals surface area contributed by atoms with Crippen molar-refractivity contribution in [1.29, 1.82) is 0 Å². The van der Waals surface area contributed by atoms with E-state index in [1.165, 1.54) is 18.2 Å². The SMILES string of the molecule is CCNC(=O)Nc1cccc(NC(=O)CCc2ccccc2OC(F)(F)F)c1. The first kappa shape index (κ1) is 21.1. The Kier molecular flexibility index (Phi) is 7.25. The van der Waals surface area contributed by atoms with Crippen LogP contribution in [0.25, 0.3) is 0 Å². The van der Waals surface area contributed by atoms with Crippen molar-refractivity contribution >= 4 is 23.3 Å². The quantitative estimate of drug-likeness (QED) is 0.654. The van der Waals surface area contributed by atoms with E-state index in [4.69, 9.17) is 0 Å². The molecule has 0 saturated carbocycles. The van der Waals surface area contributed by atoms with Crippen molar-refractivity contribution in [2.45, 2.75) is 26.1 Å². The lowest BCUT2D eigenvalue weighted by Gasteiger charge is -2.13. The van der Waals surface area contributed by atoms with E-state index in [0.717, 1.165) is 0 Å². The number of amides is 3. The van der Waals surface area contributed by atoms with E-state index >= 15 is 0 Å². The number of nitrogens with one attached hydrogen (secondary N) is 3. The van der Waals surface area contributed by atoms with E-state index in [1.807, 2.05) is 0 Å². The summed E-state index contributed by atoms with van der Waals surface area (Å²) in [6.45, 7) is 2.26. The van der Waals surface area contributed by atoms with Crippen LogP contribution in [-0.4, -0.2) is 24.8 Å². The molecular weight excluding hydrogens is 375 g/mol. The molecule has 2 aromatic rings. The second-order valence-electron chi connectivity index (χ2n) is 5.77. The second-order valence-corrected chi connectivity index (χ2v) is 5.77. The van der Waals surface area contributed by atoms with Gasteiger partial charge < -0.3 is 20.7 Å². The number of urea groups is 1. The molecule has 0 aromatic heterocycles. The Balaban J connectivity index is 1.94. The van der Waals surface area contributed by atoms with Crippen LogP contribution in [0.15, 0.2) is 48.5 Å². The molecule has 0 bridgehead atoms. The summed E-state index contributed by atoms with van der Waals surface area (Å²) in [6.07, 6.45) is -4.75. The summed E-state index contributed by atoms with van der Waals surface area (Å²) in [6, 6.07) is 11.9. The minimum atomic E-state index is -4.80. The molecule has 3 amide bonds. The van der Waals surface area contributed by atoms with Gasteiger partial charge in [-0.15, -0.1) is 13.2 Å². The number of carbonyl (C=O) groups is 2. The van der Waals surface area contributed by atoms with Crippen molar-refractivity contribution in [3.63, 3.8) is 0 Å². The summed E-state index contributed by atoms with van der Waals surface area (Å²) in [7, 11) is 0. The monoisotopic (exact) mass is 395 g/mol. The molecule has 9 heteroatoms. The van der Waals surface area contributed by atoms with Crippen molar-refractivity contribution in [3.05, 3.63) is 54.1 Å². The van der Waals surface area contributed by atoms with Gasteiger partial charge in [-0.25, -0.2) is 4.79 Å². The topological polar surface area (TPSA) is 79.5 Å². The number of hydrogen-bond acceptors (Lipinski definition) is 3. The van der Waals surface area contributed by atoms with Gasteiger partial charge in [0.15, 0.2) is 0 Å². The molecule has 6 nitrogen and oxygen atoms in total. The normalized spacial score (nSPS) is 10.9. The van der Waals surface area contributed by atoms with Crippen LogP contribution in [0.3, 0.4) is 0 Å². The molecule has 0 spiro atoms. The summed E-state index contributed by atoms with van der Waals surface area (Å²) in [5, 5.41) is 7.86. The number of para-hydroxylation sites is 1. The van der Waals surface area contributed by atoms with Crippen LogP contribution in [0.4, 0.5) is 29.3 Å². The molecular formula is C19H20F3N3O3. The predicted octanol–water partition coefficient (Wildman–Crippen LogP) is 4.30. The lowest BCUT2D eigenvalue weighted by Crippen LogP contribution is -2.28. The van der Waals surface area contributed by atoms with Gasteiger partial charge in [-0.1, -0.05) is 24.3 Å². The van der Waals surface area contributed by atoms with Crippen LogP contribution in [0.5, 0.6) is 5.75 Å². The number of aryl methyl sites for hydroxylation is 1. The minimum Gasteiger partial charge on any atom is -0.406 e. The van der Waals surface area contributed by atoms with Crippen LogP contribution in [0.2, 0.25) is 0 Å². The highest BCUT2D eigenvalue weighted by atomic mass is 19.4. The van der Waals surface area contributed by atoms with Gasteiger partial charge in [0.2, 0.25) is 5.91 Å². The molecule has 0 aliphatic rings. The minimum absolute atomic E-state index is 0.0355. The molecule has 0 radical (unpaired) electrons. The fourth-order valence-corrected chi connectivity index (χ4v) is 2.42. The summed E-state index contributed by atoms with van der Waals surface area (Å²) in [5.41, 5.74) is 1.23. The van der Waals surface area contributed by atoms with Gasteiger partial charge in [0.1, 0.15) is 5.75 Å². The molecule has 28 heavy (non-hydrogen) atoms. The van der Waals surface area contributed by atoms with E-state index in [1.54, 1.807) is 37.3 Å². The van der Waals surface area contributed by atoms with Crippen LogP contribution in [0.1, 0.15) is 18.9 Å². The zero-order chi connectivity index (χ0) is 20.6. The fourth-order valence-electron chi connectivity index (χ4n) is 2.42. The summed E-state index contributed by atoms with van der Waals surface area (Å²) in [5.74, 6) is -0.701. The third kappa shape index (κ3) is 7.18. The maximum Gasteiger partial charge on any atom is 0.573 e. The van der Waals surface area contributed by atoms with E-state index in [9.17, 15) is 22.8 Å². The van der Waals surface area contributed by atoms with Gasteiger partial charge >= 0.3 is 12.4 Å². The average molecular weight is 395 g/mol. The van der Waals surface area contributed by atoms with Crippen LogP contribution in [0, 0.1) is 0 Å². The predicted molar refractivity (Wildman–Crippen MR) is 99.2 cm³/mol. The molecule has 0 heterocycles. The van der Waals surface area contributed by atoms with E-state index in [2.05, 4.69) is 20.7 Å². The zero-order valence-corrected chi connectivity index (χ0v) is 15.1. The van der Waals surface area contributed by atoms with E-state index in [0.29, 0.717) is 17.9 Å². The number of halogens is 3. The molecule has 150 valence electrons. The van der Waals surface area contributed by atoms with Crippen LogP contribution in [-0.2, 0) is 11.2 Å². The van der Waals surface area contributed by atoms with Gasteiger partial charge in [-0.2, -0.15) is 0 Å². The van der Waals surface area contributed by atoms with Gasteiger partial charge in [0, 0.05) is 24.3 Å². The highest BCUT2D eigenvalue weighted by Gasteiger charge is 2.31. The highest BCUT2D eigenvalue weighted by molar-refractivity contribution is 5.93. The van der Waals surface area contributed by atoms with Crippen molar-refractivity contribution in [2.75, 3.05) is 17.2 Å². The first-order chi connectivity index (χ1) is 13.3. The molecule has 3 N–H and O–H groups in total. The van der Waals surface area contributed by atoms with Gasteiger partial charge in [-0.3, -0.25) is 4.79 Å². The third-order valence-electron chi connectivity index (χ3n) is 3.56. The van der Waals surface area contributed by atoms with Gasteiger partial charge in [-0.05, 0) is 43.2 Å². The molecule has 0 unspecified atom stereocenters.